The van der Waals surface area contributed by atoms with Crippen molar-refractivity contribution in [2.45, 2.75) is 13.8 Å². The third-order valence-electron chi connectivity index (χ3n) is 3.30. The maximum atomic E-state index is 11.1. The molecule has 0 saturated carbocycles. The highest BCUT2D eigenvalue weighted by molar-refractivity contribution is 7.80. The summed E-state index contributed by atoms with van der Waals surface area (Å²) in [5.41, 5.74) is 15.3. The minimum atomic E-state index is -0.236. The topological polar surface area (TPSA) is 134 Å². The zero-order valence-corrected chi connectivity index (χ0v) is 17.1. The fourth-order valence-corrected chi connectivity index (χ4v) is 3.02. The first-order valence-corrected chi connectivity index (χ1v) is 9.21. The first kappa shape index (κ1) is 21.1. The Morgan fingerprint density at radius 2 is 2.21 bits per heavy atom. The largest absolute Gasteiger partial charge is 0.504 e. The van der Waals surface area contributed by atoms with Gasteiger partial charge in [0.1, 0.15) is 5.71 Å². The summed E-state index contributed by atoms with van der Waals surface area (Å²) < 4.78 is 5.11. The minimum absolute atomic E-state index is 0.0240. The van der Waals surface area contributed by atoms with Crippen molar-refractivity contribution in [3.05, 3.63) is 40.4 Å². The molecule has 0 atom stereocenters. The highest BCUT2D eigenvalue weighted by Gasteiger charge is 2.13. The molecule has 11 heteroatoms. The Morgan fingerprint density at radius 1 is 1.46 bits per heavy atom. The van der Waals surface area contributed by atoms with Gasteiger partial charge in [-0.25, -0.2) is 4.98 Å². The number of aromatic hydroxyl groups is 1. The summed E-state index contributed by atoms with van der Waals surface area (Å²) in [6.07, 6.45) is 3.54. The van der Waals surface area contributed by atoms with E-state index in [1.165, 1.54) is 31.4 Å². The van der Waals surface area contributed by atoms with Crippen molar-refractivity contribution in [1.29, 1.82) is 0 Å². The molecule has 0 unspecified atom stereocenters. The van der Waals surface area contributed by atoms with E-state index in [4.69, 9.17) is 22.7 Å². The molecule has 0 radical (unpaired) electrons. The molecule has 1 amide bonds. The molecule has 1 aromatic carbocycles. The number of hydrazone groups is 1. The lowest BCUT2D eigenvalue weighted by atomic mass is 10.1. The van der Waals surface area contributed by atoms with Crippen LogP contribution in [0, 0.1) is 6.92 Å². The van der Waals surface area contributed by atoms with Crippen LogP contribution >= 0.6 is 23.6 Å². The molecule has 148 valence electrons. The number of carbonyl (C=O) groups is 1. The number of hydrogen-bond acceptors (Lipinski definition) is 8. The van der Waals surface area contributed by atoms with Crippen LogP contribution in [0.2, 0.25) is 0 Å². The van der Waals surface area contributed by atoms with Gasteiger partial charge in [0.2, 0.25) is 11.0 Å². The average molecular weight is 421 g/mol. The molecular formula is C17H20N6O3S2. The van der Waals surface area contributed by atoms with Gasteiger partial charge in [-0.05, 0) is 42.9 Å². The number of phenolic OH excluding ortho intramolecular Hbond substituents is 1. The van der Waals surface area contributed by atoms with Gasteiger partial charge in [0.25, 0.3) is 0 Å². The van der Waals surface area contributed by atoms with E-state index in [1.54, 1.807) is 24.3 Å². The minimum Gasteiger partial charge on any atom is -0.504 e. The second-order valence-corrected chi connectivity index (χ2v) is 6.92. The molecule has 2 aromatic rings. The number of thiocarbonyl (C=S) groups is 1. The summed E-state index contributed by atoms with van der Waals surface area (Å²) in [5.74, 6) is 0.174. The number of carbonyl (C=O) groups excluding carboxylic acids is 1. The van der Waals surface area contributed by atoms with Crippen LogP contribution in [0.25, 0.3) is 6.08 Å². The van der Waals surface area contributed by atoms with Gasteiger partial charge in [0.05, 0.1) is 17.7 Å². The summed E-state index contributed by atoms with van der Waals surface area (Å²) in [6.45, 7) is 3.21. The van der Waals surface area contributed by atoms with Gasteiger partial charge in [-0.3, -0.25) is 21.1 Å². The number of nitrogens with zero attached hydrogens (tertiary/aromatic N) is 2. The zero-order chi connectivity index (χ0) is 20.7. The monoisotopic (exact) mass is 420 g/mol. The van der Waals surface area contributed by atoms with Crippen molar-refractivity contribution >= 4 is 51.5 Å². The highest BCUT2D eigenvalue weighted by Crippen LogP contribution is 2.27. The van der Waals surface area contributed by atoms with Crippen LogP contribution in [0.5, 0.6) is 11.5 Å². The SMILES string of the molecule is COc1cc(/C=C/C(=N/NC(N)=S)c2sc(NNC(C)=O)nc2C)ccc1O. The van der Waals surface area contributed by atoms with E-state index in [9.17, 15) is 9.90 Å². The molecule has 1 aromatic heterocycles. The van der Waals surface area contributed by atoms with Gasteiger partial charge in [0.15, 0.2) is 16.6 Å². The van der Waals surface area contributed by atoms with Crippen molar-refractivity contribution in [1.82, 2.24) is 15.8 Å². The number of benzene rings is 1. The number of ether oxygens (including phenoxy) is 1. The molecular weight excluding hydrogens is 400 g/mol. The third-order valence-corrected chi connectivity index (χ3v) is 4.49. The predicted octanol–water partition coefficient (Wildman–Crippen LogP) is 1.88. The molecule has 28 heavy (non-hydrogen) atoms. The Labute approximate surface area is 171 Å². The van der Waals surface area contributed by atoms with Crippen molar-refractivity contribution in [3.63, 3.8) is 0 Å². The summed E-state index contributed by atoms with van der Waals surface area (Å²) >= 11 is 6.11. The fraction of sp³-hybridized carbons (Fsp3) is 0.176. The smallest absolute Gasteiger partial charge is 0.235 e. The Kier molecular flexibility index (Phi) is 7.29. The molecule has 2 rings (SSSR count). The third kappa shape index (κ3) is 5.93. The number of aromatic nitrogens is 1. The zero-order valence-electron chi connectivity index (χ0n) is 15.4. The predicted molar refractivity (Wildman–Crippen MR) is 114 cm³/mol. The fourth-order valence-electron chi connectivity index (χ4n) is 2.08. The molecule has 0 spiro atoms. The van der Waals surface area contributed by atoms with E-state index in [-0.39, 0.29) is 16.8 Å². The van der Waals surface area contributed by atoms with Crippen molar-refractivity contribution in [2.75, 3.05) is 12.5 Å². The number of amides is 1. The van der Waals surface area contributed by atoms with Crippen LogP contribution in [0.4, 0.5) is 5.13 Å². The summed E-state index contributed by atoms with van der Waals surface area (Å²) in [4.78, 5) is 16.2. The van der Waals surface area contributed by atoms with E-state index in [2.05, 4.69) is 26.4 Å². The lowest BCUT2D eigenvalue weighted by Crippen LogP contribution is -2.26. The maximum absolute atomic E-state index is 11.1. The van der Waals surface area contributed by atoms with Crippen molar-refractivity contribution in [3.8, 4) is 11.5 Å². The molecule has 0 saturated heterocycles. The van der Waals surface area contributed by atoms with E-state index < -0.39 is 0 Å². The molecule has 0 bridgehead atoms. The summed E-state index contributed by atoms with van der Waals surface area (Å²) in [5, 5.41) is 14.5. The van der Waals surface area contributed by atoms with Crippen molar-refractivity contribution < 1.29 is 14.6 Å². The number of thiazole rings is 1. The molecule has 0 fully saturated rings. The molecule has 9 nitrogen and oxygen atoms in total. The molecule has 0 aliphatic rings. The van der Waals surface area contributed by atoms with E-state index in [0.29, 0.717) is 22.3 Å². The normalized spacial score (nSPS) is 11.3. The van der Waals surface area contributed by atoms with E-state index in [0.717, 1.165) is 10.4 Å². The molecule has 0 aliphatic heterocycles. The van der Waals surface area contributed by atoms with Crippen LogP contribution in [0.1, 0.15) is 23.1 Å². The lowest BCUT2D eigenvalue weighted by molar-refractivity contribution is -0.118. The first-order valence-electron chi connectivity index (χ1n) is 7.98. The first-order chi connectivity index (χ1) is 13.3. The van der Waals surface area contributed by atoms with Crippen LogP contribution < -0.4 is 26.7 Å². The van der Waals surface area contributed by atoms with Gasteiger partial charge in [-0.1, -0.05) is 23.5 Å². The number of nitrogens with two attached hydrogens (primary N) is 1. The Bertz CT molecular complexity index is 939. The number of hydrazine groups is 1. The Morgan fingerprint density at radius 3 is 2.86 bits per heavy atom. The number of phenols is 1. The Balaban J connectivity index is 2.34. The number of allylic oxidation sites excluding steroid dienone is 1. The van der Waals surface area contributed by atoms with E-state index >= 15 is 0 Å². The van der Waals surface area contributed by atoms with Crippen molar-refractivity contribution in [2.24, 2.45) is 10.8 Å². The lowest BCUT2D eigenvalue weighted by Gasteiger charge is -2.04. The van der Waals surface area contributed by atoms with Gasteiger partial charge in [-0.15, -0.1) is 0 Å². The van der Waals surface area contributed by atoms with Crippen LogP contribution in [-0.4, -0.2) is 33.9 Å². The van der Waals surface area contributed by atoms with Gasteiger partial charge in [-0.2, -0.15) is 5.10 Å². The highest BCUT2D eigenvalue weighted by atomic mass is 32.1. The quantitative estimate of drug-likeness (QED) is 0.260. The van der Waals surface area contributed by atoms with Crippen LogP contribution in [0.15, 0.2) is 29.4 Å². The second-order valence-electron chi connectivity index (χ2n) is 5.48. The molecule has 1 heterocycles. The Hall–Kier alpha value is -3.18. The number of aryl methyl sites for hydroxylation is 1. The molecule has 0 aliphatic carbocycles. The number of anilines is 1. The number of hydrogen-bond donors (Lipinski definition) is 5. The second kappa shape index (κ2) is 9.67. The number of nitrogens with one attached hydrogen (secondary N) is 3. The standard InChI is InChI=1S/C17H20N6O3S2/c1-9-15(28-17(19-9)23-20-10(2)24)12(21-22-16(18)27)6-4-11-5-7-13(25)14(8-11)26-3/h4-8,25H,1-3H3,(H,19,23)(H,20,24)(H3,18,22,27)/b6-4+,21-12-. The summed E-state index contributed by atoms with van der Waals surface area (Å²) in [7, 11) is 1.48. The number of rotatable bonds is 7. The van der Waals surface area contributed by atoms with Gasteiger partial charge < -0.3 is 15.6 Å². The van der Waals surface area contributed by atoms with Crippen LogP contribution in [0.3, 0.4) is 0 Å². The summed E-state index contributed by atoms with van der Waals surface area (Å²) in [6, 6.07) is 4.96. The van der Waals surface area contributed by atoms with Gasteiger partial charge in [0, 0.05) is 6.92 Å². The number of methoxy groups -OCH3 is 1. The average Bonchev–Trinajstić information content (AvgIpc) is 3.01. The van der Waals surface area contributed by atoms with Crippen LogP contribution in [-0.2, 0) is 4.79 Å². The van der Waals surface area contributed by atoms with E-state index in [1.807, 2.05) is 6.92 Å². The molecule has 6 N–H and O–H groups in total. The van der Waals surface area contributed by atoms with Gasteiger partial charge >= 0.3 is 0 Å². The maximum Gasteiger partial charge on any atom is 0.235 e.